The molecule has 1 aliphatic carbocycles. The number of amides is 2. The number of alkyl halides is 3. The molecular weight excluding hydrogens is 483 g/mol. The average molecular weight is 511 g/mol. The monoisotopic (exact) mass is 511 g/mol. The summed E-state index contributed by atoms with van der Waals surface area (Å²) in [5.41, 5.74) is 1.24. The minimum Gasteiger partial charge on any atom is -0.475 e. The zero-order chi connectivity index (χ0) is 26.3. The van der Waals surface area contributed by atoms with Gasteiger partial charge in [-0.3, -0.25) is 14.5 Å². The first-order valence-electron chi connectivity index (χ1n) is 11.6. The smallest absolute Gasteiger partial charge is 0.475 e. The lowest BCUT2D eigenvalue weighted by molar-refractivity contribution is -0.192. The Morgan fingerprint density at radius 1 is 1.17 bits per heavy atom. The molecule has 2 aliphatic heterocycles. The van der Waals surface area contributed by atoms with Crippen LogP contribution in [0.3, 0.4) is 0 Å². The maximum atomic E-state index is 13.0. The number of benzene rings is 1. The number of carbonyl (C=O) groups is 3. The van der Waals surface area contributed by atoms with Crippen LogP contribution in [0.2, 0.25) is 0 Å². The van der Waals surface area contributed by atoms with E-state index < -0.39 is 12.1 Å². The van der Waals surface area contributed by atoms with Crippen LogP contribution in [0.15, 0.2) is 28.7 Å². The highest BCUT2D eigenvalue weighted by Crippen LogP contribution is 2.37. The third-order valence-electron chi connectivity index (χ3n) is 6.74. The lowest BCUT2D eigenvalue weighted by Crippen LogP contribution is -2.73. The Balaban J connectivity index is 0.000000384. The number of furan rings is 1. The number of likely N-dealkylation sites (tertiary alicyclic amines) is 1. The van der Waals surface area contributed by atoms with Gasteiger partial charge in [-0.15, -0.1) is 0 Å². The van der Waals surface area contributed by atoms with E-state index in [0.717, 1.165) is 23.1 Å². The number of halogens is 3. The first-order valence-corrected chi connectivity index (χ1v) is 11.6. The fourth-order valence-corrected chi connectivity index (χ4v) is 4.63. The highest BCUT2D eigenvalue weighted by molar-refractivity contribution is 5.99. The largest absolute Gasteiger partial charge is 0.490 e. The number of likely N-dealkylation sites (N-methyl/N-ethyl adjacent to an activating group) is 1. The van der Waals surface area contributed by atoms with Crippen molar-refractivity contribution >= 4 is 28.8 Å². The summed E-state index contributed by atoms with van der Waals surface area (Å²) < 4.78 is 43.7. The van der Waals surface area contributed by atoms with Gasteiger partial charge >= 0.3 is 12.1 Å². The van der Waals surface area contributed by atoms with E-state index >= 15 is 0 Å². The Hall–Kier alpha value is -3.12. The highest BCUT2D eigenvalue weighted by Gasteiger charge is 2.53. The summed E-state index contributed by atoms with van der Waals surface area (Å²) in [6, 6.07) is 7.47. The van der Waals surface area contributed by atoms with Crippen molar-refractivity contribution in [3.63, 3.8) is 0 Å². The maximum Gasteiger partial charge on any atom is 0.490 e. The van der Waals surface area contributed by atoms with Crippen LogP contribution in [-0.4, -0.2) is 90.3 Å². The van der Waals surface area contributed by atoms with Crippen LogP contribution in [0.5, 0.6) is 0 Å². The van der Waals surface area contributed by atoms with Crippen LogP contribution in [-0.2, 0) is 14.3 Å². The molecule has 36 heavy (non-hydrogen) atoms. The molecule has 2 saturated heterocycles. The first kappa shape index (κ1) is 26.0. The van der Waals surface area contributed by atoms with Crippen LogP contribution >= 0.6 is 0 Å². The molecule has 196 valence electrons. The van der Waals surface area contributed by atoms with Gasteiger partial charge in [0, 0.05) is 31.1 Å². The summed E-state index contributed by atoms with van der Waals surface area (Å²) in [5.74, 6) is -1.74. The number of ether oxygens (including phenoxy) is 1. The fraction of sp³-hybridized carbons (Fsp3) is 0.542. The zero-order valence-corrected chi connectivity index (χ0v) is 19.9. The fourth-order valence-electron chi connectivity index (χ4n) is 4.63. The number of rotatable bonds is 4. The molecule has 1 saturated carbocycles. The van der Waals surface area contributed by atoms with Crippen LogP contribution < -0.4 is 5.32 Å². The topological polar surface area (TPSA) is 112 Å². The van der Waals surface area contributed by atoms with Crippen molar-refractivity contribution in [2.75, 3.05) is 39.8 Å². The van der Waals surface area contributed by atoms with Gasteiger partial charge in [0.05, 0.1) is 19.7 Å². The van der Waals surface area contributed by atoms with E-state index in [9.17, 15) is 22.8 Å². The van der Waals surface area contributed by atoms with Crippen LogP contribution in [0.1, 0.15) is 29.0 Å². The van der Waals surface area contributed by atoms with E-state index in [0.29, 0.717) is 37.9 Å². The molecule has 2 N–H and O–H groups in total. The van der Waals surface area contributed by atoms with Crippen molar-refractivity contribution in [2.24, 2.45) is 5.92 Å². The molecule has 2 amide bonds. The predicted molar refractivity (Wildman–Crippen MR) is 121 cm³/mol. The molecule has 3 aliphatic rings. The molecule has 1 aromatic heterocycles. The summed E-state index contributed by atoms with van der Waals surface area (Å²) in [6.07, 6.45) is -2.61. The lowest BCUT2D eigenvalue weighted by Gasteiger charge is -2.55. The van der Waals surface area contributed by atoms with Crippen molar-refractivity contribution in [1.29, 1.82) is 0 Å². The molecule has 9 nitrogen and oxygen atoms in total. The van der Waals surface area contributed by atoms with Gasteiger partial charge in [-0.25, -0.2) is 4.79 Å². The van der Waals surface area contributed by atoms with Gasteiger partial charge < -0.3 is 24.5 Å². The molecule has 1 aromatic carbocycles. The molecule has 1 spiro atoms. The number of morpholine rings is 1. The van der Waals surface area contributed by atoms with Gasteiger partial charge in [0.25, 0.3) is 5.91 Å². The Labute approximate surface area is 205 Å². The number of aliphatic carboxylic acids is 1. The minimum atomic E-state index is -5.08. The van der Waals surface area contributed by atoms with E-state index in [-0.39, 0.29) is 23.5 Å². The van der Waals surface area contributed by atoms with E-state index in [4.69, 9.17) is 19.1 Å². The third kappa shape index (κ3) is 5.34. The quantitative estimate of drug-likeness (QED) is 0.649. The van der Waals surface area contributed by atoms with Gasteiger partial charge in [-0.1, -0.05) is 18.2 Å². The third-order valence-corrected chi connectivity index (χ3v) is 6.74. The SMILES string of the molecule is CNC(=O)C1COC2(CN(C(=O)c3oc4ccccc4c3C)C2)CN1CC1CC1.O=C(O)C(F)(F)F. The van der Waals surface area contributed by atoms with Crippen LogP contribution in [0, 0.1) is 12.8 Å². The second-order valence-corrected chi connectivity index (χ2v) is 9.51. The van der Waals surface area contributed by atoms with E-state index in [1.54, 1.807) is 11.9 Å². The van der Waals surface area contributed by atoms with Crippen LogP contribution in [0.25, 0.3) is 11.0 Å². The first-order chi connectivity index (χ1) is 16.9. The molecular formula is C24H28F3N3O6. The molecule has 0 bridgehead atoms. The Kier molecular flexibility index (Phi) is 7.02. The highest BCUT2D eigenvalue weighted by atomic mass is 19.4. The molecule has 12 heteroatoms. The lowest BCUT2D eigenvalue weighted by atomic mass is 9.89. The van der Waals surface area contributed by atoms with E-state index in [1.165, 1.54) is 12.8 Å². The van der Waals surface area contributed by atoms with E-state index in [2.05, 4.69) is 10.2 Å². The zero-order valence-electron chi connectivity index (χ0n) is 19.9. The summed E-state index contributed by atoms with van der Waals surface area (Å²) in [4.78, 5) is 38.2. The predicted octanol–water partition coefficient (Wildman–Crippen LogP) is 2.43. The molecule has 1 unspecified atom stereocenters. The number of carbonyl (C=O) groups excluding carboxylic acids is 2. The Morgan fingerprint density at radius 2 is 1.81 bits per heavy atom. The number of carboxylic acid groups (broad SMARTS) is 1. The van der Waals surface area contributed by atoms with Crippen molar-refractivity contribution in [1.82, 2.24) is 15.1 Å². The Bertz CT molecular complexity index is 1150. The summed E-state index contributed by atoms with van der Waals surface area (Å²) in [7, 11) is 1.67. The molecule has 0 radical (unpaired) electrons. The normalized spacial score (nSPS) is 21.5. The second-order valence-electron chi connectivity index (χ2n) is 9.51. The number of para-hydroxylation sites is 1. The Morgan fingerprint density at radius 3 is 2.36 bits per heavy atom. The summed E-state index contributed by atoms with van der Waals surface area (Å²) in [6.45, 7) is 4.98. The number of aryl methyl sites for hydroxylation is 1. The van der Waals surface area contributed by atoms with Gasteiger partial charge in [-0.2, -0.15) is 13.2 Å². The van der Waals surface area contributed by atoms with Crippen molar-refractivity contribution in [3.8, 4) is 0 Å². The average Bonchev–Trinajstić information content (AvgIpc) is 3.57. The summed E-state index contributed by atoms with van der Waals surface area (Å²) >= 11 is 0. The van der Waals surface area contributed by atoms with Crippen molar-refractivity contribution in [3.05, 3.63) is 35.6 Å². The van der Waals surface area contributed by atoms with Gasteiger partial charge in [-0.05, 0) is 31.7 Å². The number of nitrogens with zero attached hydrogens (tertiary/aromatic N) is 2. The molecule has 5 rings (SSSR count). The minimum absolute atomic E-state index is 0.00524. The van der Waals surface area contributed by atoms with Crippen LogP contribution in [0.4, 0.5) is 13.2 Å². The molecule has 3 fully saturated rings. The maximum absolute atomic E-state index is 13.0. The van der Waals surface area contributed by atoms with Crippen molar-refractivity contribution < 1.29 is 41.8 Å². The number of fused-ring (bicyclic) bond motifs is 1. The molecule has 1 atom stereocenters. The molecule has 2 aromatic rings. The number of hydrogen-bond donors (Lipinski definition) is 2. The van der Waals surface area contributed by atoms with Gasteiger partial charge in [0.15, 0.2) is 5.76 Å². The number of nitrogens with one attached hydrogen (secondary N) is 1. The standard InChI is InChI=1S/C22H27N3O4.C2HF3O2/c1-14-16-5-3-4-6-18(16)29-19(14)21(27)25-12-22(13-25)11-24(9-15-7-8-15)17(10-28-22)20(26)23-2;3-2(4,5)1(6)7/h3-6,15,17H,7-13H2,1-2H3,(H,23,26);(H,6,7). The molecule has 3 heterocycles. The summed E-state index contributed by atoms with van der Waals surface area (Å²) in [5, 5.41) is 10.9. The number of hydrogen-bond acceptors (Lipinski definition) is 6. The van der Waals surface area contributed by atoms with Gasteiger partial charge in [0.1, 0.15) is 17.2 Å². The van der Waals surface area contributed by atoms with Gasteiger partial charge in [0.2, 0.25) is 5.91 Å². The van der Waals surface area contributed by atoms with E-state index in [1.807, 2.05) is 31.2 Å². The number of carboxylic acids is 1. The van der Waals surface area contributed by atoms with Crippen molar-refractivity contribution in [2.45, 2.75) is 37.6 Å². The second kappa shape index (κ2) is 9.74.